The van der Waals surface area contributed by atoms with Gasteiger partial charge in [0.05, 0.1) is 10.6 Å². The van der Waals surface area contributed by atoms with Crippen LogP contribution in [0.5, 0.6) is 0 Å². The highest BCUT2D eigenvalue weighted by Gasteiger charge is 2.13. The molecule has 7 heteroatoms. The molecule has 0 unspecified atom stereocenters. The first-order chi connectivity index (χ1) is 8.95. The summed E-state index contributed by atoms with van der Waals surface area (Å²) in [7, 11) is 0. The standard InChI is InChI=1S/C12H10Cl2N4O/c1-6-3-7(2)17-12(16-6)18-11(19)8-4-10(14)15-5-9(8)13/h3-5H,1-2H3,(H,16,17,18,19). The zero-order valence-electron chi connectivity index (χ0n) is 10.2. The SMILES string of the molecule is Cc1cc(C)nc(NC(=O)c2cc(Cl)ncc2Cl)n1. The maximum atomic E-state index is 12.0. The Morgan fingerprint density at radius 2 is 1.79 bits per heavy atom. The minimum Gasteiger partial charge on any atom is -0.290 e. The highest BCUT2D eigenvalue weighted by atomic mass is 35.5. The maximum Gasteiger partial charge on any atom is 0.259 e. The molecule has 0 aliphatic heterocycles. The van der Waals surface area contributed by atoms with Crippen LogP contribution in [0.2, 0.25) is 10.2 Å². The molecule has 0 aromatic carbocycles. The van der Waals surface area contributed by atoms with Crippen molar-refractivity contribution < 1.29 is 4.79 Å². The normalized spacial score (nSPS) is 10.3. The number of aromatic nitrogens is 3. The van der Waals surface area contributed by atoms with Crippen LogP contribution in [-0.2, 0) is 0 Å². The molecule has 0 aliphatic carbocycles. The molecule has 2 aromatic rings. The number of amides is 1. The van der Waals surface area contributed by atoms with E-state index in [1.54, 1.807) is 0 Å². The molecule has 0 saturated heterocycles. The summed E-state index contributed by atoms with van der Waals surface area (Å²) in [6.07, 6.45) is 1.32. The van der Waals surface area contributed by atoms with Crippen LogP contribution in [0.15, 0.2) is 18.3 Å². The van der Waals surface area contributed by atoms with Crippen molar-refractivity contribution in [3.63, 3.8) is 0 Å². The second kappa shape index (κ2) is 5.50. The van der Waals surface area contributed by atoms with Gasteiger partial charge in [-0.05, 0) is 26.0 Å². The fourth-order valence-electron chi connectivity index (χ4n) is 1.54. The van der Waals surface area contributed by atoms with Crippen LogP contribution in [0.1, 0.15) is 21.7 Å². The smallest absolute Gasteiger partial charge is 0.259 e. The Labute approximate surface area is 120 Å². The molecule has 5 nitrogen and oxygen atoms in total. The van der Waals surface area contributed by atoms with Crippen molar-refractivity contribution in [3.05, 3.63) is 45.5 Å². The van der Waals surface area contributed by atoms with Gasteiger partial charge in [0.2, 0.25) is 5.95 Å². The van der Waals surface area contributed by atoms with Gasteiger partial charge in [0, 0.05) is 17.6 Å². The van der Waals surface area contributed by atoms with E-state index in [9.17, 15) is 4.79 Å². The Kier molecular flexibility index (Phi) is 3.97. The Bertz CT molecular complexity index is 625. The molecule has 0 spiro atoms. The number of pyridine rings is 1. The second-order valence-corrected chi connectivity index (χ2v) is 4.71. The monoisotopic (exact) mass is 296 g/mol. The number of nitrogens with zero attached hydrogens (tertiary/aromatic N) is 3. The lowest BCUT2D eigenvalue weighted by atomic mass is 10.2. The van der Waals surface area contributed by atoms with Crippen LogP contribution in [0.4, 0.5) is 5.95 Å². The van der Waals surface area contributed by atoms with Crippen LogP contribution in [0, 0.1) is 13.8 Å². The Hall–Kier alpha value is -1.72. The minimum absolute atomic E-state index is 0.191. The van der Waals surface area contributed by atoms with Crippen molar-refractivity contribution in [1.82, 2.24) is 15.0 Å². The quantitative estimate of drug-likeness (QED) is 0.865. The van der Waals surface area contributed by atoms with Crippen molar-refractivity contribution in [1.29, 1.82) is 0 Å². The lowest BCUT2D eigenvalue weighted by Crippen LogP contribution is -2.15. The molecule has 2 heterocycles. The number of halogens is 2. The number of carbonyl (C=O) groups excluding carboxylic acids is 1. The molecule has 98 valence electrons. The molecule has 2 rings (SSSR count). The van der Waals surface area contributed by atoms with Crippen LogP contribution < -0.4 is 5.32 Å². The van der Waals surface area contributed by atoms with Crippen molar-refractivity contribution >= 4 is 35.1 Å². The van der Waals surface area contributed by atoms with E-state index in [1.165, 1.54) is 12.3 Å². The van der Waals surface area contributed by atoms with Crippen LogP contribution in [0.25, 0.3) is 0 Å². The molecule has 0 radical (unpaired) electrons. The van der Waals surface area contributed by atoms with E-state index in [4.69, 9.17) is 23.2 Å². The topological polar surface area (TPSA) is 67.8 Å². The third-order valence-electron chi connectivity index (χ3n) is 2.27. The summed E-state index contributed by atoms with van der Waals surface area (Å²) in [5, 5.41) is 2.98. The highest BCUT2D eigenvalue weighted by Crippen LogP contribution is 2.19. The number of rotatable bonds is 2. The molecule has 0 aliphatic rings. The fraction of sp³-hybridized carbons (Fsp3) is 0.167. The largest absolute Gasteiger partial charge is 0.290 e. The van der Waals surface area contributed by atoms with Gasteiger partial charge in [-0.1, -0.05) is 23.2 Å². The average molecular weight is 297 g/mol. The molecule has 0 bridgehead atoms. The molecule has 2 aromatic heterocycles. The van der Waals surface area contributed by atoms with Gasteiger partial charge in [-0.2, -0.15) is 0 Å². The highest BCUT2D eigenvalue weighted by molar-refractivity contribution is 6.35. The van der Waals surface area contributed by atoms with Gasteiger partial charge in [-0.3, -0.25) is 10.1 Å². The van der Waals surface area contributed by atoms with E-state index in [-0.39, 0.29) is 21.7 Å². The summed E-state index contributed by atoms with van der Waals surface area (Å²) in [4.78, 5) is 24.1. The fourth-order valence-corrected chi connectivity index (χ4v) is 1.88. The first-order valence-electron chi connectivity index (χ1n) is 5.40. The van der Waals surface area contributed by atoms with Crippen LogP contribution in [0.3, 0.4) is 0 Å². The van der Waals surface area contributed by atoms with E-state index in [0.29, 0.717) is 0 Å². The van der Waals surface area contributed by atoms with Crippen molar-refractivity contribution in [2.45, 2.75) is 13.8 Å². The van der Waals surface area contributed by atoms with Gasteiger partial charge >= 0.3 is 0 Å². The van der Waals surface area contributed by atoms with Gasteiger partial charge < -0.3 is 0 Å². The zero-order chi connectivity index (χ0) is 14.0. The molecule has 19 heavy (non-hydrogen) atoms. The van der Waals surface area contributed by atoms with Crippen molar-refractivity contribution in [2.75, 3.05) is 5.32 Å². The average Bonchev–Trinajstić information content (AvgIpc) is 2.30. The van der Waals surface area contributed by atoms with Crippen LogP contribution >= 0.6 is 23.2 Å². The van der Waals surface area contributed by atoms with E-state index in [0.717, 1.165) is 11.4 Å². The van der Waals surface area contributed by atoms with Crippen molar-refractivity contribution in [2.24, 2.45) is 0 Å². The van der Waals surface area contributed by atoms with Gasteiger partial charge in [0.1, 0.15) is 5.15 Å². The van der Waals surface area contributed by atoms with Gasteiger partial charge in [-0.25, -0.2) is 15.0 Å². The molecule has 1 amide bonds. The lowest BCUT2D eigenvalue weighted by molar-refractivity contribution is 0.102. The maximum absolute atomic E-state index is 12.0. The summed E-state index contributed by atoms with van der Waals surface area (Å²) in [6, 6.07) is 3.20. The van der Waals surface area contributed by atoms with E-state index < -0.39 is 5.91 Å². The number of hydrogen-bond donors (Lipinski definition) is 1. The van der Waals surface area contributed by atoms with Gasteiger partial charge in [-0.15, -0.1) is 0 Å². The third-order valence-corrected chi connectivity index (χ3v) is 2.78. The Morgan fingerprint density at radius 1 is 1.16 bits per heavy atom. The zero-order valence-corrected chi connectivity index (χ0v) is 11.7. The molecule has 0 saturated carbocycles. The lowest BCUT2D eigenvalue weighted by Gasteiger charge is -2.06. The Morgan fingerprint density at radius 3 is 2.42 bits per heavy atom. The van der Waals surface area contributed by atoms with E-state index in [1.807, 2.05) is 19.9 Å². The molecule has 1 N–H and O–H groups in total. The molecule has 0 fully saturated rings. The number of anilines is 1. The van der Waals surface area contributed by atoms with E-state index in [2.05, 4.69) is 20.3 Å². The molecular formula is C12H10Cl2N4O. The van der Waals surface area contributed by atoms with Crippen LogP contribution in [-0.4, -0.2) is 20.9 Å². The van der Waals surface area contributed by atoms with Crippen molar-refractivity contribution in [3.8, 4) is 0 Å². The first-order valence-corrected chi connectivity index (χ1v) is 6.16. The summed E-state index contributed by atoms with van der Waals surface area (Å²) in [5.74, 6) is -0.203. The van der Waals surface area contributed by atoms with Gasteiger partial charge in [0.25, 0.3) is 5.91 Å². The molecular weight excluding hydrogens is 287 g/mol. The second-order valence-electron chi connectivity index (χ2n) is 3.92. The minimum atomic E-state index is -0.431. The van der Waals surface area contributed by atoms with Gasteiger partial charge in [0.15, 0.2) is 0 Å². The molecule has 0 atom stereocenters. The summed E-state index contributed by atoms with van der Waals surface area (Å²) >= 11 is 11.6. The third kappa shape index (κ3) is 3.39. The number of aryl methyl sites for hydroxylation is 2. The number of nitrogens with one attached hydrogen (secondary N) is 1. The predicted octanol–water partition coefficient (Wildman–Crippen LogP) is 3.05. The number of hydrogen-bond acceptors (Lipinski definition) is 4. The number of carbonyl (C=O) groups is 1. The summed E-state index contributed by atoms with van der Waals surface area (Å²) < 4.78 is 0. The van der Waals surface area contributed by atoms with E-state index >= 15 is 0 Å². The predicted molar refractivity (Wildman–Crippen MR) is 73.7 cm³/mol. The summed E-state index contributed by atoms with van der Waals surface area (Å²) in [6.45, 7) is 3.64. The Balaban J connectivity index is 2.28. The first kappa shape index (κ1) is 13.7. The summed E-state index contributed by atoms with van der Waals surface area (Å²) in [5.41, 5.74) is 1.76.